The Hall–Kier alpha value is -2.57. The van der Waals surface area contributed by atoms with E-state index in [0.29, 0.717) is 12.0 Å². The van der Waals surface area contributed by atoms with E-state index in [9.17, 15) is 0 Å². The highest BCUT2D eigenvalue weighted by Crippen LogP contribution is 2.23. The monoisotopic (exact) mass is 405 g/mol. The van der Waals surface area contributed by atoms with Crippen LogP contribution in [0.5, 0.6) is 0 Å². The van der Waals surface area contributed by atoms with Crippen molar-refractivity contribution in [2.75, 3.05) is 6.54 Å². The van der Waals surface area contributed by atoms with Crippen molar-refractivity contribution in [1.82, 2.24) is 25.1 Å². The first-order valence-corrected chi connectivity index (χ1v) is 10.5. The van der Waals surface area contributed by atoms with Crippen LogP contribution in [0.15, 0.2) is 66.0 Å². The quantitative estimate of drug-likeness (QED) is 0.433. The summed E-state index contributed by atoms with van der Waals surface area (Å²) >= 11 is 4.15. The molecule has 1 aliphatic rings. The van der Waals surface area contributed by atoms with Crippen LogP contribution in [0.2, 0.25) is 0 Å². The van der Waals surface area contributed by atoms with E-state index < -0.39 is 0 Å². The number of H-pyrrole nitrogens is 1. The van der Waals surface area contributed by atoms with Crippen LogP contribution in [0.4, 0.5) is 0 Å². The standard InChI is InChI=1S/C16H19N5.C7H8S/c1-11-6-12(7-17-11)10-21-5-4-15-16(21)3-2-14(20-15)13-8-18-19-9-13;1-6-3-2-4-7(8)5-6/h2-5,8-9,11-12,17H,6-7,10H2,1H3,(H,18,19);2-5,8H,1H3. The topological polar surface area (TPSA) is 58.5 Å². The number of hydrogen-bond donors (Lipinski definition) is 3. The number of nitrogens with zero attached hydrogens (tertiary/aromatic N) is 3. The Balaban J connectivity index is 0.000000216. The van der Waals surface area contributed by atoms with Crippen molar-refractivity contribution in [3.8, 4) is 11.3 Å². The molecule has 0 bridgehead atoms. The maximum absolute atomic E-state index is 4.73. The van der Waals surface area contributed by atoms with E-state index in [1.165, 1.54) is 17.5 Å². The number of thiol groups is 1. The zero-order chi connectivity index (χ0) is 20.2. The summed E-state index contributed by atoms with van der Waals surface area (Å²) in [7, 11) is 0. The number of aromatic nitrogens is 4. The number of aryl methyl sites for hydroxylation is 1. The smallest absolute Gasteiger partial charge is 0.0888 e. The van der Waals surface area contributed by atoms with Crippen molar-refractivity contribution >= 4 is 23.7 Å². The third-order valence-electron chi connectivity index (χ3n) is 5.32. The van der Waals surface area contributed by atoms with Gasteiger partial charge in [0.1, 0.15) is 0 Å². The molecule has 4 aromatic rings. The predicted octanol–water partition coefficient (Wildman–Crippen LogP) is 4.71. The lowest BCUT2D eigenvalue weighted by Crippen LogP contribution is -2.17. The molecule has 0 saturated carbocycles. The number of rotatable bonds is 3. The first-order valence-electron chi connectivity index (χ1n) is 10.0. The van der Waals surface area contributed by atoms with Crippen molar-refractivity contribution in [2.24, 2.45) is 5.92 Å². The second-order valence-corrected chi connectivity index (χ2v) is 8.32. The molecule has 1 saturated heterocycles. The van der Waals surface area contributed by atoms with Gasteiger partial charge >= 0.3 is 0 Å². The highest BCUT2D eigenvalue weighted by atomic mass is 32.1. The zero-order valence-electron chi connectivity index (χ0n) is 16.8. The van der Waals surface area contributed by atoms with Crippen LogP contribution in [-0.4, -0.2) is 32.3 Å². The van der Waals surface area contributed by atoms with E-state index in [2.05, 4.69) is 77.0 Å². The van der Waals surface area contributed by atoms with Crippen LogP contribution < -0.4 is 5.32 Å². The van der Waals surface area contributed by atoms with Gasteiger partial charge in [0.25, 0.3) is 0 Å². The molecule has 0 spiro atoms. The van der Waals surface area contributed by atoms with Crippen LogP contribution >= 0.6 is 12.6 Å². The first kappa shape index (κ1) is 19.7. The molecule has 6 heteroatoms. The Morgan fingerprint density at radius 1 is 1.21 bits per heavy atom. The van der Waals surface area contributed by atoms with E-state index in [0.717, 1.165) is 34.8 Å². The molecule has 2 unspecified atom stereocenters. The van der Waals surface area contributed by atoms with Crippen molar-refractivity contribution in [1.29, 1.82) is 0 Å². The van der Waals surface area contributed by atoms with Gasteiger partial charge in [-0.15, -0.1) is 12.6 Å². The Bertz CT molecular complexity index is 1050. The molecule has 5 nitrogen and oxygen atoms in total. The minimum Gasteiger partial charge on any atom is -0.346 e. The lowest BCUT2D eigenvalue weighted by molar-refractivity contribution is 0.483. The Morgan fingerprint density at radius 2 is 2.10 bits per heavy atom. The van der Waals surface area contributed by atoms with Crippen molar-refractivity contribution < 1.29 is 0 Å². The summed E-state index contributed by atoms with van der Waals surface area (Å²) in [6.07, 6.45) is 7.08. The molecule has 4 heterocycles. The van der Waals surface area contributed by atoms with Gasteiger partial charge in [-0.1, -0.05) is 17.7 Å². The number of aromatic amines is 1. The van der Waals surface area contributed by atoms with E-state index in [-0.39, 0.29) is 0 Å². The average molecular weight is 406 g/mol. The maximum Gasteiger partial charge on any atom is 0.0888 e. The molecule has 0 aliphatic carbocycles. The second-order valence-electron chi connectivity index (χ2n) is 7.81. The van der Waals surface area contributed by atoms with Crippen LogP contribution in [-0.2, 0) is 6.54 Å². The van der Waals surface area contributed by atoms with E-state index in [1.54, 1.807) is 6.20 Å². The van der Waals surface area contributed by atoms with Gasteiger partial charge in [-0.3, -0.25) is 5.10 Å². The molecular weight excluding hydrogens is 378 g/mol. The van der Waals surface area contributed by atoms with Gasteiger partial charge in [0.15, 0.2) is 0 Å². The molecule has 0 radical (unpaired) electrons. The number of hydrogen-bond acceptors (Lipinski definition) is 4. The van der Waals surface area contributed by atoms with Gasteiger partial charge in [0.05, 0.1) is 22.9 Å². The number of nitrogens with one attached hydrogen (secondary N) is 2. The molecule has 1 fully saturated rings. The maximum atomic E-state index is 4.73. The van der Waals surface area contributed by atoms with Gasteiger partial charge in [-0.2, -0.15) is 5.10 Å². The van der Waals surface area contributed by atoms with Gasteiger partial charge in [0.2, 0.25) is 0 Å². The molecule has 5 rings (SSSR count). The van der Waals surface area contributed by atoms with Crippen LogP contribution in [0.3, 0.4) is 0 Å². The normalized spacial score (nSPS) is 18.6. The molecule has 1 aliphatic heterocycles. The Morgan fingerprint density at radius 3 is 2.76 bits per heavy atom. The van der Waals surface area contributed by atoms with Gasteiger partial charge in [-0.25, -0.2) is 4.98 Å². The molecule has 3 aromatic heterocycles. The molecular formula is C23H27N5S. The lowest BCUT2D eigenvalue weighted by atomic mass is 10.1. The fraction of sp³-hybridized carbons (Fsp3) is 0.304. The fourth-order valence-corrected chi connectivity index (χ4v) is 4.15. The molecule has 2 N–H and O–H groups in total. The molecule has 29 heavy (non-hydrogen) atoms. The van der Waals surface area contributed by atoms with E-state index in [1.807, 2.05) is 24.4 Å². The third-order valence-corrected chi connectivity index (χ3v) is 5.59. The van der Waals surface area contributed by atoms with Crippen LogP contribution in [0.1, 0.15) is 18.9 Å². The highest BCUT2D eigenvalue weighted by molar-refractivity contribution is 7.80. The summed E-state index contributed by atoms with van der Waals surface area (Å²) in [6.45, 7) is 6.49. The summed E-state index contributed by atoms with van der Waals surface area (Å²) < 4.78 is 2.33. The van der Waals surface area contributed by atoms with Crippen molar-refractivity contribution in [2.45, 2.75) is 37.8 Å². The van der Waals surface area contributed by atoms with E-state index >= 15 is 0 Å². The summed E-state index contributed by atoms with van der Waals surface area (Å²) in [5.41, 5.74) is 5.51. The number of fused-ring (bicyclic) bond motifs is 1. The van der Waals surface area contributed by atoms with Crippen molar-refractivity contribution in [3.63, 3.8) is 0 Å². The Labute approximate surface area is 177 Å². The second kappa shape index (κ2) is 8.84. The van der Waals surface area contributed by atoms with Crippen LogP contribution in [0, 0.1) is 12.8 Å². The minimum absolute atomic E-state index is 0.641. The summed E-state index contributed by atoms with van der Waals surface area (Å²) in [4.78, 5) is 5.76. The molecule has 0 amide bonds. The summed E-state index contributed by atoms with van der Waals surface area (Å²) in [6, 6.07) is 15.0. The SMILES string of the molecule is CC1CC(Cn2ccc3nc(-c4cn[nH]c4)ccc32)CN1.Cc1cccc(S)c1. The Kier molecular flexibility index (Phi) is 6.02. The third kappa shape index (κ3) is 4.89. The van der Waals surface area contributed by atoms with Gasteiger partial charge < -0.3 is 9.88 Å². The van der Waals surface area contributed by atoms with Gasteiger partial charge in [0, 0.05) is 35.4 Å². The number of benzene rings is 1. The van der Waals surface area contributed by atoms with Gasteiger partial charge in [-0.05, 0) is 63.1 Å². The zero-order valence-corrected chi connectivity index (χ0v) is 17.7. The molecule has 2 atom stereocenters. The fourth-order valence-electron chi connectivity index (χ4n) is 3.86. The average Bonchev–Trinajstić information content (AvgIpc) is 3.44. The number of pyridine rings is 1. The minimum atomic E-state index is 0.641. The summed E-state index contributed by atoms with van der Waals surface area (Å²) in [5, 5.41) is 10.3. The predicted molar refractivity (Wildman–Crippen MR) is 121 cm³/mol. The van der Waals surface area contributed by atoms with E-state index in [4.69, 9.17) is 4.98 Å². The van der Waals surface area contributed by atoms with Crippen molar-refractivity contribution in [3.05, 3.63) is 66.6 Å². The summed E-state index contributed by atoms with van der Waals surface area (Å²) in [5.74, 6) is 0.712. The van der Waals surface area contributed by atoms with Crippen LogP contribution in [0.25, 0.3) is 22.3 Å². The lowest BCUT2D eigenvalue weighted by Gasteiger charge is -2.11. The molecule has 150 valence electrons. The molecule has 1 aromatic carbocycles. The largest absolute Gasteiger partial charge is 0.346 e. The first-order chi connectivity index (χ1) is 14.1. The highest BCUT2D eigenvalue weighted by Gasteiger charge is 2.21.